The van der Waals surface area contributed by atoms with Gasteiger partial charge in [-0.25, -0.2) is 9.28 Å². The van der Waals surface area contributed by atoms with Crippen molar-refractivity contribution in [2.45, 2.75) is 0 Å². The smallest absolute Gasteiger partial charge is 0.233 e. The van der Waals surface area contributed by atoms with Gasteiger partial charge in [0.1, 0.15) is 11.0 Å². The molecule has 1 aromatic rings. The molecule has 0 spiro atoms. The highest BCUT2D eigenvalue weighted by Crippen LogP contribution is 2.18. The van der Waals surface area contributed by atoms with Crippen molar-refractivity contribution in [1.82, 2.24) is 4.48 Å². The summed E-state index contributed by atoms with van der Waals surface area (Å²) in [6, 6.07) is 9.75. The van der Waals surface area contributed by atoms with Crippen LogP contribution in [0.3, 0.4) is 0 Å². The summed E-state index contributed by atoms with van der Waals surface area (Å²) in [6.07, 6.45) is 0. The number of quaternary nitrogens is 1. The Balaban J connectivity index is 3.00. The molecule has 1 aromatic carbocycles. The summed E-state index contributed by atoms with van der Waals surface area (Å²) in [5, 5.41) is 0.384. The van der Waals surface area contributed by atoms with Crippen molar-refractivity contribution < 1.29 is 4.79 Å². The Kier molecular flexibility index (Phi) is 3.22. The highest BCUT2D eigenvalue weighted by Gasteiger charge is 2.27. The van der Waals surface area contributed by atoms with Crippen LogP contribution in [0.1, 0.15) is 0 Å². The lowest BCUT2D eigenvalue weighted by molar-refractivity contribution is -0.125. The van der Waals surface area contributed by atoms with E-state index >= 15 is 0 Å². The van der Waals surface area contributed by atoms with E-state index in [4.69, 9.17) is 0 Å². The van der Waals surface area contributed by atoms with Crippen LogP contribution in [-0.2, 0) is 4.79 Å². The third-order valence-electron chi connectivity index (χ3n) is 2.14. The largest absolute Gasteiger partial charge is 0.328 e. The Morgan fingerprint density at radius 3 is 2.31 bits per heavy atom. The van der Waals surface area contributed by atoms with E-state index in [0.717, 1.165) is 5.69 Å². The van der Waals surface area contributed by atoms with Crippen LogP contribution in [0.5, 0.6) is 0 Å². The molecule has 0 atom stereocenters. The average molecular weight is 243 g/mol. The van der Waals surface area contributed by atoms with E-state index in [9.17, 15) is 4.79 Å². The van der Waals surface area contributed by atoms with Crippen LogP contribution in [0.15, 0.2) is 30.3 Å². The summed E-state index contributed by atoms with van der Waals surface area (Å²) in [6.45, 7) is 0. The van der Waals surface area contributed by atoms with E-state index in [2.05, 4.69) is 15.9 Å². The second-order valence-corrected chi connectivity index (χ2v) is 3.88. The van der Waals surface area contributed by atoms with Gasteiger partial charge < -0.3 is 0 Å². The summed E-state index contributed by atoms with van der Waals surface area (Å²) in [5.74, 6) is 0.145. The molecule has 0 saturated carbocycles. The molecule has 0 aliphatic carbocycles. The van der Waals surface area contributed by atoms with Gasteiger partial charge in [-0.15, -0.1) is 0 Å². The zero-order chi connectivity index (χ0) is 9.90. The molecule has 70 valence electrons. The number of amides is 1. The van der Waals surface area contributed by atoms with Crippen molar-refractivity contribution >= 4 is 27.5 Å². The number of rotatable bonds is 2. The van der Waals surface area contributed by atoms with Crippen LogP contribution in [0, 0.1) is 0 Å². The maximum absolute atomic E-state index is 11.6. The molecular formula is C10H13BrNO+. The second kappa shape index (κ2) is 4.03. The monoisotopic (exact) mass is 242 g/mol. The molecule has 0 saturated heterocycles. The third-order valence-corrected chi connectivity index (χ3v) is 2.62. The van der Waals surface area contributed by atoms with Gasteiger partial charge in [0.25, 0.3) is 0 Å². The van der Waals surface area contributed by atoms with E-state index in [1.807, 2.05) is 44.4 Å². The minimum Gasteiger partial charge on any atom is -0.233 e. The van der Waals surface area contributed by atoms with E-state index < -0.39 is 0 Å². The molecule has 0 aromatic heterocycles. The summed E-state index contributed by atoms with van der Waals surface area (Å²) in [7, 11) is 3.78. The van der Waals surface area contributed by atoms with Crippen LogP contribution >= 0.6 is 15.9 Å². The van der Waals surface area contributed by atoms with Crippen LogP contribution in [0.4, 0.5) is 5.69 Å². The lowest BCUT2D eigenvalue weighted by Gasteiger charge is -2.25. The zero-order valence-electron chi connectivity index (χ0n) is 7.83. The minimum absolute atomic E-state index is 0.145. The van der Waals surface area contributed by atoms with Gasteiger partial charge >= 0.3 is 5.91 Å². The lowest BCUT2D eigenvalue weighted by Crippen LogP contribution is -2.47. The third kappa shape index (κ3) is 2.17. The van der Waals surface area contributed by atoms with Crippen molar-refractivity contribution in [3.05, 3.63) is 30.3 Å². The summed E-state index contributed by atoms with van der Waals surface area (Å²) < 4.78 is 0.284. The molecule has 2 nitrogen and oxygen atoms in total. The molecule has 3 heteroatoms. The number of halogens is 1. The fourth-order valence-corrected chi connectivity index (χ4v) is 1.72. The van der Waals surface area contributed by atoms with E-state index in [1.54, 1.807) is 0 Å². The topological polar surface area (TPSA) is 17.1 Å². The molecule has 0 unspecified atom stereocenters. The van der Waals surface area contributed by atoms with Crippen molar-refractivity contribution in [3.63, 3.8) is 0 Å². The molecule has 0 fully saturated rings. The first-order valence-electron chi connectivity index (χ1n) is 4.08. The molecule has 0 aliphatic heterocycles. The van der Waals surface area contributed by atoms with Crippen LogP contribution in [0.25, 0.3) is 0 Å². The Bertz CT molecular complexity index is 295. The summed E-state index contributed by atoms with van der Waals surface area (Å²) >= 11 is 3.18. The van der Waals surface area contributed by atoms with Crippen LogP contribution < -0.4 is 4.48 Å². The van der Waals surface area contributed by atoms with Gasteiger partial charge in [0, 0.05) is 0 Å². The molecule has 0 heterocycles. The van der Waals surface area contributed by atoms with Crippen molar-refractivity contribution in [3.8, 4) is 0 Å². The first-order valence-corrected chi connectivity index (χ1v) is 5.20. The first-order chi connectivity index (χ1) is 6.09. The van der Waals surface area contributed by atoms with E-state index in [0.29, 0.717) is 5.33 Å². The Labute approximate surface area is 86.9 Å². The molecule has 1 amide bonds. The number of carbonyl (C=O) groups is 1. The van der Waals surface area contributed by atoms with Gasteiger partial charge in [0.05, 0.1) is 14.1 Å². The predicted molar refractivity (Wildman–Crippen MR) is 58.9 cm³/mol. The fourth-order valence-electron chi connectivity index (χ4n) is 1.09. The predicted octanol–water partition coefficient (Wildman–Crippen LogP) is 2.17. The highest BCUT2D eigenvalue weighted by molar-refractivity contribution is 9.09. The SMILES string of the molecule is C[N+](C)(C(=O)CBr)c1ccccc1. The quantitative estimate of drug-likeness (QED) is 0.574. The van der Waals surface area contributed by atoms with Crippen LogP contribution in [0.2, 0.25) is 0 Å². The molecule has 1 rings (SSSR count). The highest BCUT2D eigenvalue weighted by atomic mass is 79.9. The van der Waals surface area contributed by atoms with Crippen molar-refractivity contribution in [2.75, 3.05) is 19.4 Å². The van der Waals surface area contributed by atoms with Crippen LogP contribution in [-0.4, -0.2) is 25.3 Å². The van der Waals surface area contributed by atoms with Gasteiger partial charge in [-0.05, 0) is 12.1 Å². The number of para-hydroxylation sites is 1. The van der Waals surface area contributed by atoms with E-state index in [-0.39, 0.29) is 10.4 Å². The number of benzene rings is 1. The minimum atomic E-state index is 0.145. The number of carbonyl (C=O) groups excluding carboxylic acids is 1. The maximum Gasteiger partial charge on any atom is 0.328 e. The standard InChI is InChI=1S/C10H13BrNO/c1-12(2,10(13)8-11)9-6-4-3-5-7-9/h3-7H,8H2,1-2H3/q+1. The van der Waals surface area contributed by atoms with Crippen molar-refractivity contribution in [2.24, 2.45) is 0 Å². The average Bonchev–Trinajstić information content (AvgIpc) is 2.18. The van der Waals surface area contributed by atoms with E-state index in [1.165, 1.54) is 0 Å². The zero-order valence-corrected chi connectivity index (χ0v) is 9.41. The first kappa shape index (κ1) is 10.4. The van der Waals surface area contributed by atoms with Gasteiger partial charge in [-0.3, -0.25) is 0 Å². The number of nitrogens with zero attached hydrogens (tertiary/aromatic N) is 1. The Morgan fingerprint density at radius 1 is 1.31 bits per heavy atom. The second-order valence-electron chi connectivity index (χ2n) is 3.32. The van der Waals surface area contributed by atoms with Gasteiger partial charge in [0.15, 0.2) is 0 Å². The lowest BCUT2D eigenvalue weighted by atomic mass is 10.2. The summed E-state index contributed by atoms with van der Waals surface area (Å²) in [5.41, 5.74) is 1.01. The maximum atomic E-state index is 11.6. The summed E-state index contributed by atoms with van der Waals surface area (Å²) in [4.78, 5) is 11.6. The Hall–Kier alpha value is -0.670. The molecule has 0 radical (unpaired) electrons. The number of hydrogen-bond acceptors (Lipinski definition) is 1. The molecule has 13 heavy (non-hydrogen) atoms. The van der Waals surface area contributed by atoms with Gasteiger partial charge in [-0.2, -0.15) is 0 Å². The fraction of sp³-hybridized carbons (Fsp3) is 0.300. The normalized spacial score (nSPS) is 11.3. The number of hydrogen-bond donors (Lipinski definition) is 0. The van der Waals surface area contributed by atoms with Gasteiger partial charge in [0.2, 0.25) is 0 Å². The van der Waals surface area contributed by atoms with Gasteiger partial charge in [-0.1, -0.05) is 34.1 Å². The molecule has 0 bridgehead atoms. The van der Waals surface area contributed by atoms with Crippen molar-refractivity contribution in [1.29, 1.82) is 0 Å². The molecule has 0 aliphatic rings. The molecule has 0 N–H and O–H groups in total. The number of alkyl halides is 1. The molecular weight excluding hydrogens is 230 g/mol. The Morgan fingerprint density at radius 2 is 1.85 bits per heavy atom.